The van der Waals surface area contributed by atoms with Gasteiger partial charge in [-0.1, -0.05) is 75.2 Å². The number of aryl methyl sites for hydroxylation is 2. The largest absolute Gasteiger partial charge is 0.207 e. The average molecular weight is 459 g/mol. The molecule has 2 fully saturated rings. The first-order valence-corrected chi connectivity index (χ1v) is 13.1. The molecule has 2 saturated carbocycles. The summed E-state index contributed by atoms with van der Waals surface area (Å²) >= 11 is 5.75. The molecule has 0 atom stereocenters. The van der Waals surface area contributed by atoms with E-state index < -0.39 is 5.82 Å². The lowest BCUT2D eigenvalue weighted by Crippen LogP contribution is -2.17. The van der Waals surface area contributed by atoms with Crippen LogP contribution in [-0.4, -0.2) is 0 Å². The summed E-state index contributed by atoms with van der Waals surface area (Å²) in [6.45, 7) is 2.40. The molecule has 0 spiro atoms. The van der Waals surface area contributed by atoms with Crippen LogP contribution in [0.25, 0.3) is 0 Å². The summed E-state index contributed by atoms with van der Waals surface area (Å²) < 4.78 is 28.4. The van der Waals surface area contributed by atoms with Gasteiger partial charge in [0.1, 0.15) is 11.6 Å². The van der Waals surface area contributed by atoms with E-state index in [1.165, 1.54) is 70.3 Å². The molecule has 4 rings (SSSR count). The lowest BCUT2D eigenvalue weighted by molar-refractivity contribution is 0.237. The van der Waals surface area contributed by atoms with Gasteiger partial charge in [-0.3, -0.25) is 0 Å². The van der Waals surface area contributed by atoms with Crippen molar-refractivity contribution in [1.29, 1.82) is 0 Å². The standard InChI is InChI=1S/C29H37ClF2/c1-20-2-4-21(5-3-20)6-7-22-8-12-24(13-9-22)26-16-15-25(28(31)19-26)14-10-23-11-17-27(30)29(32)18-23/h11,15-22,24H,2-10,12-14H2,1H3/t20-,21-,22?,24?. The third kappa shape index (κ3) is 6.34. The second-order valence-corrected chi connectivity index (χ2v) is 10.9. The highest BCUT2D eigenvalue weighted by Crippen LogP contribution is 2.40. The fourth-order valence-corrected chi connectivity index (χ4v) is 5.99. The number of hydrogen-bond donors (Lipinski definition) is 0. The molecule has 0 radical (unpaired) electrons. The highest BCUT2D eigenvalue weighted by Gasteiger charge is 2.25. The number of hydrogen-bond acceptors (Lipinski definition) is 0. The Labute approximate surface area is 197 Å². The van der Waals surface area contributed by atoms with Crippen LogP contribution >= 0.6 is 11.6 Å². The van der Waals surface area contributed by atoms with E-state index >= 15 is 0 Å². The molecule has 0 bridgehead atoms. The fourth-order valence-electron chi connectivity index (χ4n) is 5.87. The van der Waals surface area contributed by atoms with E-state index in [0.29, 0.717) is 24.3 Å². The van der Waals surface area contributed by atoms with Gasteiger partial charge in [0.05, 0.1) is 5.02 Å². The van der Waals surface area contributed by atoms with Crippen LogP contribution in [0, 0.1) is 29.4 Å². The minimum absolute atomic E-state index is 0.120. The van der Waals surface area contributed by atoms with Crippen molar-refractivity contribution in [3.05, 3.63) is 69.7 Å². The van der Waals surface area contributed by atoms with Crippen molar-refractivity contribution >= 4 is 11.6 Å². The zero-order valence-corrected chi connectivity index (χ0v) is 20.1. The molecule has 0 unspecified atom stereocenters. The fraction of sp³-hybridized carbons (Fsp3) is 0.586. The molecular weight excluding hydrogens is 422 g/mol. The second kappa shape index (κ2) is 11.1. The number of halogens is 3. The Morgan fingerprint density at radius 1 is 0.750 bits per heavy atom. The second-order valence-electron chi connectivity index (χ2n) is 10.5. The molecule has 0 heterocycles. The van der Waals surface area contributed by atoms with Crippen molar-refractivity contribution in [1.82, 2.24) is 0 Å². The molecule has 3 heteroatoms. The predicted octanol–water partition coefficient (Wildman–Crippen LogP) is 9.28. The first-order chi connectivity index (χ1) is 15.5. The Hall–Kier alpha value is -1.41. The minimum atomic E-state index is -0.413. The third-order valence-corrected chi connectivity index (χ3v) is 8.49. The number of benzene rings is 2. The Kier molecular flexibility index (Phi) is 8.27. The van der Waals surface area contributed by atoms with Gasteiger partial charge in [-0.05, 0) is 97.1 Å². The molecule has 0 aliphatic heterocycles. The van der Waals surface area contributed by atoms with Crippen LogP contribution < -0.4 is 0 Å². The molecule has 2 aromatic rings. The molecule has 0 amide bonds. The summed E-state index contributed by atoms with van der Waals surface area (Å²) in [5.41, 5.74) is 2.71. The van der Waals surface area contributed by atoms with Gasteiger partial charge in [0.2, 0.25) is 0 Å². The molecule has 0 saturated heterocycles. The molecule has 2 aliphatic carbocycles. The van der Waals surface area contributed by atoms with Crippen LogP contribution in [0.5, 0.6) is 0 Å². The highest BCUT2D eigenvalue weighted by molar-refractivity contribution is 6.30. The van der Waals surface area contributed by atoms with E-state index in [1.54, 1.807) is 12.1 Å². The van der Waals surface area contributed by atoms with Gasteiger partial charge in [0.25, 0.3) is 0 Å². The minimum Gasteiger partial charge on any atom is -0.207 e. The summed E-state index contributed by atoms with van der Waals surface area (Å²) in [7, 11) is 0. The molecule has 0 nitrogen and oxygen atoms in total. The van der Waals surface area contributed by atoms with Crippen molar-refractivity contribution in [3.8, 4) is 0 Å². The Balaban J connectivity index is 1.24. The van der Waals surface area contributed by atoms with Crippen LogP contribution in [0.15, 0.2) is 36.4 Å². The van der Waals surface area contributed by atoms with Crippen molar-refractivity contribution in [3.63, 3.8) is 0 Å². The van der Waals surface area contributed by atoms with Crippen LogP contribution in [0.4, 0.5) is 8.78 Å². The average Bonchev–Trinajstić information content (AvgIpc) is 2.80. The van der Waals surface area contributed by atoms with Crippen LogP contribution in [0.2, 0.25) is 5.02 Å². The van der Waals surface area contributed by atoms with E-state index in [2.05, 4.69) is 13.0 Å². The monoisotopic (exact) mass is 458 g/mol. The maximum atomic E-state index is 14.8. The van der Waals surface area contributed by atoms with Gasteiger partial charge in [-0.2, -0.15) is 0 Å². The van der Waals surface area contributed by atoms with E-state index in [4.69, 9.17) is 11.6 Å². The van der Waals surface area contributed by atoms with Gasteiger partial charge in [-0.15, -0.1) is 0 Å². The number of rotatable bonds is 7. The van der Waals surface area contributed by atoms with Gasteiger partial charge in [0.15, 0.2) is 0 Å². The highest BCUT2D eigenvalue weighted by atomic mass is 35.5. The van der Waals surface area contributed by atoms with Crippen LogP contribution in [0.3, 0.4) is 0 Å². The summed E-state index contributed by atoms with van der Waals surface area (Å²) in [5.74, 6) is 2.74. The summed E-state index contributed by atoms with van der Waals surface area (Å²) in [4.78, 5) is 0. The normalized spacial score (nSPS) is 26.2. The summed E-state index contributed by atoms with van der Waals surface area (Å²) in [6, 6.07) is 10.6. The first-order valence-electron chi connectivity index (χ1n) is 12.7. The zero-order valence-electron chi connectivity index (χ0n) is 19.4. The maximum absolute atomic E-state index is 14.8. The molecule has 2 aromatic carbocycles. The topological polar surface area (TPSA) is 0 Å². The van der Waals surface area contributed by atoms with Crippen molar-refractivity contribution in [2.24, 2.45) is 17.8 Å². The van der Waals surface area contributed by atoms with Crippen LogP contribution in [-0.2, 0) is 12.8 Å². The first kappa shape index (κ1) is 23.7. The summed E-state index contributed by atoms with van der Waals surface area (Å²) in [5, 5.41) is 0.127. The molecule has 32 heavy (non-hydrogen) atoms. The SMILES string of the molecule is C[C@H]1CC[C@H](CCC2CCC(c3ccc(CCc4ccc(Cl)c(F)c4)c(F)c3)CC2)CC1. The predicted molar refractivity (Wildman–Crippen MR) is 130 cm³/mol. The van der Waals surface area contributed by atoms with Gasteiger partial charge < -0.3 is 0 Å². The molecule has 0 N–H and O–H groups in total. The van der Waals surface area contributed by atoms with E-state index in [-0.39, 0.29) is 10.8 Å². The lowest BCUT2D eigenvalue weighted by Gasteiger charge is -2.31. The van der Waals surface area contributed by atoms with Crippen molar-refractivity contribution in [2.75, 3.05) is 0 Å². The van der Waals surface area contributed by atoms with E-state index in [9.17, 15) is 8.78 Å². The summed E-state index contributed by atoms with van der Waals surface area (Å²) in [6.07, 6.45) is 14.7. The van der Waals surface area contributed by atoms with Crippen molar-refractivity contribution < 1.29 is 8.78 Å². The van der Waals surface area contributed by atoms with E-state index in [0.717, 1.165) is 28.9 Å². The van der Waals surface area contributed by atoms with Gasteiger partial charge in [0, 0.05) is 0 Å². The molecule has 2 aliphatic rings. The Morgan fingerprint density at radius 2 is 1.41 bits per heavy atom. The molecular formula is C29H37ClF2. The quantitative estimate of drug-likeness (QED) is 0.387. The smallest absolute Gasteiger partial charge is 0.142 e. The van der Waals surface area contributed by atoms with Gasteiger partial charge >= 0.3 is 0 Å². The van der Waals surface area contributed by atoms with E-state index in [1.807, 2.05) is 12.1 Å². The lowest BCUT2D eigenvalue weighted by atomic mass is 9.74. The Morgan fingerprint density at radius 3 is 2.03 bits per heavy atom. The maximum Gasteiger partial charge on any atom is 0.142 e. The van der Waals surface area contributed by atoms with Crippen LogP contribution in [0.1, 0.15) is 93.7 Å². The van der Waals surface area contributed by atoms with Crippen molar-refractivity contribution in [2.45, 2.75) is 89.9 Å². The Bertz CT molecular complexity index is 877. The van der Waals surface area contributed by atoms with Gasteiger partial charge in [-0.25, -0.2) is 8.78 Å². The molecule has 0 aromatic heterocycles. The third-order valence-electron chi connectivity index (χ3n) is 8.18. The zero-order chi connectivity index (χ0) is 22.5. The molecule has 174 valence electrons.